The summed E-state index contributed by atoms with van der Waals surface area (Å²) in [6.07, 6.45) is 3.92. The molecule has 0 aliphatic carbocycles. The first-order valence-corrected chi connectivity index (χ1v) is 10.5. The van der Waals surface area contributed by atoms with Crippen LogP contribution < -0.4 is 16.4 Å². The molecule has 0 spiro atoms. The van der Waals surface area contributed by atoms with Crippen LogP contribution in [0.25, 0.3) is 11.2 Å². The summed E-state index contributed by atoms with van der Waals surface area (Å²) in [6.45, 7) is 2.36. The molecule has 5 rings (SSSR count). The third kappa shape index (κ3) is 3.22. The quantitative estimate of drug-likeness (QED) is 0.578. The molecule has 4 heterocycles. The van der Waals surface area contributed by atoms with Gasteiger partial charge in [0.25, 0.3) is 0 Å². The van der Waals surface area contributed by atoms with Gasteiger partial charge in [0.15, 0.2) is 11.5 Å². The van der Waals surface area contributed by atoms with Crippen LogP contribution in [0.5, 0.6) is 0 Å². The number of nitrogen functional groups attached to an aromatic ring is 1. The SMILES string of the molecule is Nc1ncnc2c1ncn2Cc1c(Br)cc(Cl)cc1N1CC[C@](N)(C2=NN=NC2)C1. The molecule has 0 radical (unpaired) electrons. The summed E-state index contributed by atoms with van der Waals surface area (Å²) in [4.78, 5) is 14.9. The van der Waals surface area contributed by atoms with Gasteiger partial charge in [0, 0.05) is 33.8 Å². The number of nitrogens with two attached hydrogens (primary N) is 2. The van der Waals surface area contributed by atoms with E-state index in [4.69, 9.17) is 23.1 Å². The lowest BCUT2D eigenvalue weighted by atomic mass is 9.93. The Labute approximate surface area is 185 Å². The van der Waals surface area contributed by atoms with E-state index in [0.29, 0.717) is 41.6 Å². The molecule has 2 aliphatic rings. The Bertz CT molecular complexity index is 1210. The molecule has 2 aliphatic heterocycles. The number of anilines is 2. The second-order valence-corrected chi connectivity index (χ2v) is 8.74. The average molecular weight is 490 g/mol. The Balaban J connectivity index is 1.51. The topological polar surface area (TPSA) is 136 Å². The molecule has 0 amide bonds. The molecule has 0 unspecified atom stereocenters. The third-order valence-electron chi connectivity index (χ3n) is 5.56. The van der Waals surface area contributed by atoms with Crippen molar-refractivity contribution in [1.82, 2.24) is 19.5 Å². The highest BCUT2D eigenvalue weighted by atomic mass is 79.9. The first-order valence-electron chi connectivity index (χ1n) is 9.31. The van der Waals surface area contributed by atoms with Gasteiger partial charge in [-0.2, -0.15) is 5.11 Å². The van der Waals surface area contributed by atoms with E-state index < -0.39 is 5.54 Å². The molecule has 0 saturated carbocycles. The molecule has 154 valence electrons. The highest BCUT2D eigenvalue weighted by Crippen LogP contribution is 2.37. The summed E-state index contributed by atoms with van der Waals surface area (Å²) in [5.74, 6) is 0.356. The van der Waals surface area contributed by atoms with Gasteiger partial charge in [0.05, 0.1) is 24.1 Å². The summed E-state index contributed by atoms with van der Waals surface area (Å²) < 4.78 is 2.83. The first-order chi connectivity index (χ1) is 14.4. The zero-order chi connectivity index (χ0) is 20.9. The molecule has 0 bridgehead atoms. The van der Waals surface area contributed by atoms with Crippen molar-refractivity contribution < 1.29 is 0 Å². The maximum atomic E-state index is 6.66. The lowest BCUT2D eigenvalue weighted by Gasteiger charge is -2.27. The summed E-state index contributed by atoms with van der Waals surface area (Å²) in [5.41, 5.74) is 16.2. The van der Waals surface area contributed by atoms with Gasteiger partial charge >= 0.3 is 0 Å². The van der Waals surface area contributed by atoms with Crippen LogP contribution in [0.2, 0.25) is 5.02 Å². The number of hydrogen-bond donors (Lipinski definition) is 2. The van der Waals surface area contributed by atoms with Crippen LogP contribution in [0, 0.1) is 0 Å². The molecule has 2 aromatic heterocycles. The van der Waals surface area contributed by atoms with Crippen molar-refractivity contribution in [3.8, 4) is 0 Å². The number of imidazole rings is 1. The normalized spacial score (nSPS) is 21.0. The van der Waals surface area contributed by atoms with Crippen LogP contribution in [0.15, 0.2) is 44.7 Å². The molecule has 4 N–H and O–H groups in total. The Hall–Kier alpha value is -2.63. The molecule has 1 atom stereocenters. The maximum absolute atomic E-state index is 6.66. The van der Waals surface area contributed by atoms with Crippen molar-refractivity contribution >= 4 is 55.9 Å². The minimum atomic E-state index is -0.557. The second kappa shape index (κ2) is 7.25. The Morgan fingerprint density at radius 1 is 1.23 bits per heavy atom. The number of rotatable bonds is 4. The molecule has 1 aromatic carbocycles. The van der Waals surface area contributed by atoms with E-state index in [1.807, 2.05) is 16.7 Å². The van der Waals surface area contributed by atoms with Gasteiger partial charge in [-0.25, -0.2) is 15.0 Å². The predicted octanol–water partition coefficient (Wildman–Crippen LogP) is 2.60. The van der Waals surface area contributed by atoms with E-state index in [1.54, 1.807) is 6.33 Å². The molecule has 1 fully saturated rings. The predicted molar refractivity (Wildman–Crippen MR) is 119 cm³/mol. The molecule has 1 saturated heterocycles. The van der Waals surface area contributed by atoms with E-state index in [2.05, 4.69) is 51.2 Å². The Kier molecular flexibility index (Phi) is 4.68. The average Bonchev–Trinajstić information content (AvgIpc) is 3.45. The Morgan fingerprint density at radius 3 is 2.90 bits per heavy atom. The van der Waals surface area contributed by atoms with Gasteiger partial charge in [-0.05, 0) is 23.8 Å². The zero-order valence-corrected chi connectivity index (χ0v) is 18.2. The molecule has 12 heteroatoms. The zero-order valence-electron chi connectivity index (χ0n) is 15.8. The van der Waals surface area contributed by atoms with Gasteiger partial charge in [0.1, 0.15) is 18.4 Å². The van der Waals surface area contributed by atoms with Crippen molar-refractivity contribution in [3.63, 3.8) is 0 Å². The van der Waals surface area contributed by atoms with Crippen molar-refractivity contribution in [2.24, 2.45) is 21.2 Å². The molecule has 3 aromatic rings. The molecular formula is C18H18BrClN10. The molecule has 10 nitrogen and oxygen atoms in total. The minimum Gasteiger partial charge on any atom is -0.382 e. The van der Waals surface area contributed by atoms with Crippen LogP contribution in [-0.4, -0.2) is 50.4 Å². The van der Waals surface area contributed by atoms with Crippen molar-refractivity contribution in [3.05, 3.63) is 39.8 Å². The van der Waals surface area contributed by atoms with Crippen molar-refractivity contribution in [1.29, 1.82) is 0 Å². The highest BCUT2D eigenvalue weighted by Gasteiger charge is 2.41. The summed E-state index contributed by atoms with van der Waals surface area (Å²) >= 11 is 10.1. The maximum Gasteiger partial charge on any atom is 0.165 e. The van der Waals surface area contributed by atoms with Crippen LogP contribution in [0.1, 0.15) is 12.0 Å². The highest BCUT2D eigenvalue weighted by molar-refractivity contribution is 9.10. The number of hydrogen-bond acceptors (Lipinski definition) is 9. The van der Waals surface area contributed by atoms with Crippen LogP contribution in [0.4, 0.5) is 11.5 Å². The lowest BCUT2D eigenvalue weighted by molar-refractivity contribution is 0.626. The monoisotopic (exact) mass is 488 g/mol. The lowest BCUT2D eigenvalue weighted by Crippen LogP contribution is -2.51. The number of aromatic nitrogens is 4. The van der Waals surface area contributed by atoms with E-state index in [0.717, 1.165) is 34.4 Å². The fourth-order valence-electron chi connectivity index (χ4n) is 3.96. The fraction of sp³-hybridized carbons (Fsp3) is 0.333. The smallest absolute Gasteiger partial charge is 0.165 e. The van der Waals surface area contributed by atoms with Crippen molar-refractivity contribution in [2.45, 2.75) is 18.5 Å². The van der Waals surface area contributed by atoms with Crippen LogP contribution in [0.3, 0.4) is 0 Å². The van der Waals surface area contributed by atoms with E-state index in [1.165, 1.54) is 6.33 Å². The van der Waals surface area contributed by atoms with E-state index >= 15 is 0 Å². The molecule has 30 heavy (non-hydrogen) atoms. The fourth-order valence-corrected chi connectivity index (χ4v) is 4.88. The number of nitrogens with zero attached hydrogens (tertiary/aromatic N) is 8. The first kappa shape index (κ1) is 19.3. The van der Waals surface area contributed by atoms with Crippen molar-refractivity contribution in [2.75, 3.05) is 30.3 Å². The van der Waals surface area contributed by atoms with Gasteiger partial charge in [-0.1, -0.05) is 27.5 Å². The number of halogens is 2. The van der Waals surface area contributed by atoms with Gasteiger partial charge in [0.2, 0.25) is 0 Å². The minimum absolute atomic E-state index is 0.356. The summed E-state index contributed by atoms with van der Waals surface area (Å²) in [5, 5.41) is 12.5. The van der Waals surface area contributed by atoms with Gasteiger partial charge in [-0.3, -0.25) is 0 Å². The van der Waals surface area contributed by atoms with Gasteiger partial charge < -0.3 is 20.9 Å². The number of benzene rings is 1. The third-order valence-corrected chi connectivity index (χ3v) is 6.49. The van der Waals surface area contributed by atoms with Crippen LogP contribution in [-0.2, 0) is 6.54 Å². The summed E-state index contributed by atoms with van der Waals surface area (Å²) in [7, 11) is 0. The summed E-state index contributed by atoms with van der Waals surface area (Å²) in [6, 6.07) is 3.84. The number of fused-ring (bicyclic) bond motifs is 1. The van der Waals surface area contributed by atoms with Crippen LogP contribution >= 0.6 is 27.5 Å². The standard InChI is InChI=1S/C18H18BrClN10/c19-12-3-10(20)4-13(29-2-1-18(22,7-29)14-5-26-28-27-14)11(12)6-30-9-25-15-16(21)23-8-24-17(15)30/h3-4,8-9H,1-2,5-7,22H2,(H2,21,23,24)/t18-/m1/s1. The molecular weight excluding hydrogens is 472 g/mol. The largest absolute Gasteiger partial charge is 0.382 e. The Morgan fingerprint density at radius 2 is 2.10 bits per heavy atom. The van der Waals surface area contributed by atoms with Gasteiger partial charge in [-0.15, -0.1) is 5.10 Å². The van der Waals surface area contributed by atoms with E-state index in [9.17, 15) is 0 Å². The second-order valence-electron chi connectivity index (χ2n) is 7.45. The van der Waals surface area contributed by atoms with E-state index in [-0.39, 0.29) is 0 Å².